The molecular weight excluding hydrogens is 352 g/mol. The van der Waals surface area contributed by atoms with E-state index in [0.29, 0.717) is 16.8 Å². The number of amides is 1. The fraction of sp³-hybridized carbons (Fsp3) is 0.167. The highest BCUT2D eigenvalue weighted by Crippen LogP contribution is 2.18. The van der Waals surface area contributed by atoms with E-state index >= 15 is 0 Å². The number of hydrogen-bond acceptors (Lipinski definition) is 5. The molecule has 1 amide bonds. The van der Waals surface area contributed by atoms with Crippen molar-refractivity contribution in [3.63, 3.8) is 0 Å². The van der Waals surface area contributed by atoms with E-state index in [1.165, 1.54) is 4.68 Å². The molecule has 0 aliphatic carbocycles. The molecular formula is C18H20N4O3S. The molecule has 0 aliphatic rings. The standard InChI is InChI=1S/C16H14N4O3S.C2H6/c21-16(18-22)13-6-4-5-12(9-13)15-10-20(19-17-15)11-24(23)14-7-2-1-3-8-14;1-2/h1-10,22H,11H2,(H,18,21);1-2H3. The Bertz CT molecular complexity index is 881. The fourth-order valence-electron chi connectivity index (χ4n) is 2.15. The van der Waals surface area contributed by atoms with E-state index in [9.17, 15) is 9.00 Å². The van der Waals surface area contributed by atoms with Crippen LogP contribution in [0.3, 0.4) is 0 Å². The van der Waals surface area contributed by atoms with Crippen LogP contribution < -0.4 is 5.48 Å². The van der Waals surface area contributed by atoms with Crippen molar-refractivity contribution in [3.8, 4) is 11.3 Å². The average Bonchev–Trinajstić information content (AvgIpc) is 3.18. The van der Waals surface area contributed by atoms with Gasteiger partial charge in [-0.05, 0) is 24.3 Å². The van der Waals surface area contributed by atoms with Gasteiger partial charge in [0.15, 0.2) is 0 Å². The number of benzene rings is 2. The summed E-state index contributed by atoms with van der Waals surface area (Å²) >= 11 is 0. The monoisotopic (exact) mass is 372 g/mol. The molecule has 0 radical (unpaired) electrons. The summed E-state index contributed by atoms with van der Waals surface area (Å²) in [5, 5.41) is 16.7. The predicted molar refractivity (Wildman–Crippen MR) is 98.9 cm³/mol. The summed E-state index contributed by atoms with van der Waals surface area (Å²) in [6.45, 7) is 4.00. The van der Waals surface area contributed by atoms with Crippen LogP contribution in [0.1, 0.15) is 24.2 Å². The van der Waals surface area contributed by atoms with Crippen LogP contribution in [0.4, 0.5) is 0 Å². The van der Waals surface area contributed by atoms with Crippen molar-refractivity contribution in [3.05, 3.63) is 66.4 Å². The molecule has 0 spiro atoms. The quantitative estimate of drug-likeness (QED) is 0.530. The number of carbonyl (C=O) groups excluding carboxylic acids is 1. The molecule has 136 valence electrons. The summed E-state index contributed by atoms with van der Waals surface area (Å²) in [7, 11) is -1.23. The van der Waals surface area contributed by atoms with Crippen LogP contribution in [-0.4, -0.2) is 30.3 Å². The molecule has 1 aromatic heterocycles. The van der Waals surface area contributed by atoms with E-state index in [2.05, 4.69) is 10.3 Å². The third-order valence-corrected chi connectivity index (χ3v) is 4.61. The Morgan fingerprint density at radius 2 is 1.88 bits per heavy atom. The molecule has 1 unspecified atom stereocenters. The van der Waals surface area contributed by atoms with Crippen molar-refractivity contribution in [2.45, 2.75) is 24.6 Å². The summed E-state index contributed by atoms with van der Waals surface area (Å²) in [4.78, 5) is 12.2. The molecule has 2 N–H and O–H groups in total. The third kappa shape index (κ3) is 4.84. The molecule has 0 saturated heterocycles. The lowest BCUT2D eigenvalue weighted by Crippen LogP contribution is -2.18. The molecule has 7 nitrogen and oxygen atoms in total. The van der Waals surface area contributed by atoms with Gasteiger partial charge >= 0.3 is 0 Å². The zero-order valence-corrected chi connectivity index (χ0v) is 15.3. The molecule has 1 atom stereocenters. The molecule has 2 aromatic carbocycles. The maximum absolute atomic E-state index is 12.3. The van der Waals surface area contributed by atoms with Crippen molar-refractivity contribution in [1.82, 2.24) is 20.5 Å². The van der Waals surface area contributed by atoms with Gasteiger partial charge in [-0.2, -0.15) is 0 Å². The van der Waals surface area contributed by atoms with E-state index < -0.39 is 16.7 Å². The van der Waals surface area contributed by atoms with Gasteiger partial charge in [0.2, 0.25) is 0 Å². The van der Waals surface area contributed by atoms with Gasteiger partial charge in [-0.15, -0.1) is 5.10 Å². The molecule has 8 heteroatoms. The molecule has 1 heterocycles. The first-order chi connectivity index (χ1) is 12.7. The second kappa shape index (κ2) is 9.59. The first-order valence-electron chi connectivity index (χ1n) is 8.06. The van der Waals surface area contributed by atoms with E-state index in [1.807, 2.05) is 32.0 Å². The number of rotatable bonds is 5. The number of aromatic nitrogens is 3. The number of hydrogen-bond donors (Lipinski definition) is 2. The van der Waals surface area contributed by atoms with Crippen molar-refractivity contribution < 1.29 is 14.2 Å². The van der Waals surface area contributed by atoms with Gasteiger partial charge in [0.25, 0.3) is 5.91 Å². The Balaban J connectivity index is 0.00000117. The van der Waals surface area contributed by atoms with Crippen molar-refractivity contribution >= 4 is 16.7 Å². The highest BCUT2D eigenvalue weighted by molar-refractivity contribution is 7.84. The summed E-state index contributed by atoms with van der Waals surface area (Å²) in [6.07, 6.45) is 1.66. The number of hydroxylamine groups is 1. The van der Waals surface area contributed by atoms with Gasteiger partial charge in [-0.25, -0.2) is 10.2 Å². The smallest absolute Gasteiger partial charge is 0.274 e. The maximum Gasteiger partial charge on any atom is 0.274 e. The van der Waals surface area contributed by atoms with Crippen molar-refractivity contribution in [2.75, 3.05) is 0 Å². The van der Waals surface area contributed by atoms with Crippen LogP contribution in [0.15, 0.2) is 65.7 Å². The SMILES string of the molecule is CC.O=C(NO)c1cccc(-c2cn(CS(=O)c3ccccc3)nn2)c1. The van der Waals surface area contributed by atoms with E-state index in [-0.39, 0.29) is 5.88 Å². The van der Waals surface area contributed by atoms with Gasteiger partial charge in [0, 0.05) is 16.0 Å². The van der Waals surface area contributed by atoms with Gasteiger partial charge in [0.1, 0.15) is 11.6 Å². The topological polar surface area (TPSA) is 97.1 Å². The molecule has 3 rings (SSSR count). The molecule has 0 saturated carbocycles. The number of carbonyl (C=O) groups is 1. The highest BCUT2D eigenvalue weighted by atomic mass is 32.2. The Labute approximate surface area is 154 Å². The lowest BCUT2D eigenvalue weighted by molar-refractivity contribution is 0.0706. The van der Waals surface area contributed by atoms with Crippen LogP contribution in [0.25, 0.3) is 11.3 Å². The van der Waals surface area contributed by atoms with Gasteiger partial charge in [0.05, 0.1) is 17.0 Å². The predicted octanol–water partition coefficient (Wildman–Crippen LogP) is 2.86. The van der Waals surface area contributed by atoms with Crippen LogP contribution in [0, 0.1) is 0 Å². The molecule has 0 fully saturated rings. The van der Waals surface area contributed by atoms with Crippen LogP contribution >= 0.6 is 0 Å². The molecule has 26 heavy (non-hydrogen) atoms. The van der Waals surface area contributed by atoms with Crippen LogP contribution in [0.5, 0.6) is 0 Å². The summed E-state index contributed by atoms with van der Waals surface area (Å²) in [6, 6.07) is 15.7. The second-order valence-electron chi connectivity index (χ2n) is 4.95. The first kappa shape index (κ1) is 19.5. The summed E-state index contributed by atoms with van der Waals surface area (Å²) < 4.78 is 13.8. The Morgan fingerprint density at radius 1 is 1.15 bits per heavy atom. The molecule has 0 aliphatic heterocycles. The number of nitrogens with one attached hydrogen (secondary N) is 1. The highest BCUT2D eigenvalue weighted by Gasteiger charge is 2.10. The third-order valence-electron chi connectivity index (χ3n) is 3.32. The Morgan fingerprint density at radius 3 is 2.58 bits per heavy atom. The minimum atomic E-state index is -1.23. The van der Waals surface area contributed by atoms with Crippen LogP contribution in [0.2, 0.25) is 0 Å². The maximum atomic E-state index is 12.3. The Hall–Kier alpha value is -2.84. The lowest BCUT2D eigenvalue weighted by atomic mass is 10.1. The van der Waals surface area contributed by atoms with Crippen molar-refractivity contribution in [1.29, 1.82) is 0 Å². The van der Waals surface area contributed by atoms with Gasteiger partial charge in [-0.3, -0.25) is 14.2 Å². The van der Waals surface area contributed by atoms with Gasteiger partial charge < -0.3 is 0 Å². The van der Waals surface area contributed by atoms with E-state index in [4.69, 9.17) is 5.21 Å². The zero-order valence-electron chi connectivity index (χ0n) is 14.5. The first-order valence-corrected chi connectivity index (χ1v) is 9.37. The molecule has 0 bridgehead atoms. The summed E-state index contributed by atoms with van der Waals surface area (Å²) in [5.74, 6) is -0.414. The second-order valence-corrected chi connectivity index (χ2v) is 6.37. The Kier molecular flexibility index (Phi) is 7.19. The largest absolute Gasteiger partial charge is 0.288 e. The van der Waals surface area contributed by atoms with Crippen LogP contribution in [-0.2, 0) is 16.7 Å². The molecule has 3 aromatic rings. The fourth-order valence-corrected chi connectivity index (χ4v) is 3.12. The minimum absolute atomic E-state index is 0.188. The van der Waals surface area contributed by atoms with E-state index in [1.54, 1.807) is 48.1 Å². The average molecular weight is 372 g/mol. The zero-order chi connectivity index (χ0) is 18.9. The van der Waals surface area contributed by atoms with E-state index in [0.717, 1.165) is 4.90 Å². The van der Waals surface area contributed by atoms with Gasteiger partial charge in [-0.1, -0.05) is 49.4 Å². The minimum Gasteiger partial charge on any atom is -0.288 e. The number of nitrogens with zero attached hydrogens (tertiary/aromatic N) is 3. The lowest BCUT2D eigenvalue weighted by Gasteiger charge is -2.02. The normalized spacial score (nSPS) is 11.2. The summed E-state index contributed by atoms with van der Waals surface area (Å²) in [5.41, 5.74) is 3.11. The van der Waals surface area contributed by atoms with Crippen molar-refractivity contribution in [2.24, 2.45) is 0 Å².